The number of ether oxygens (including phenoxy) is 2. The molecule has 5 nitrogen and oxygen atoms in total. The first-order valence-corrected chi connectivity index (χ1v) is 12.6. The van der Waals surface area contributed by atoms with Gasteiger partial charge in [0.2, 0.25) is 0 Å². The van der Waals surface area contributed by atoms with Gasteiger partial charge in [0, 0.05) is 22.7 Å². The third-order valence-electron chi connectivity index (χ3n) is 4.84. The van der Waals surface area contributed by atoms with E-state index in [0.29, 0.717) is 10.9 Å². The highest BCUT2D eigenvalue weighted by molar-refractivity contribution is 7.97. The van der Waals surface area contributed by atoms with Crippen LogP contribution in [0.3, 0.4) is 0 Å². The zero-order valence-corrected chi connectivity index (χ0v) is 17.8. The number of hydrogen-bond donors (Lipinski definition) is 0. The Balaban J connectivity index is 0.000000275. The smallest absolute Gasteiger partial charge is 0.485 e. The zero-order valence-electron chi connectivity index (χ0n) is 16.2. The number of benzene rings is 2. The van der Waals surface area contributed by atoms with Crippen LogP contribution < -0.4 is 4.74 Å². The molecular weight excluding hydrogens is 441 g/mol. The summed E-state index contributed by atoms with van der Waals surface area (Å²) in [6.45, 7) is 0.826. The number of halogens is 3. The Labute approximate surface area is 176 Å². The minimum Gasteiger partial charge on any atom is -0.741 e. The summed E-state index contributed by atoms with van der Waals surface area (Å²) in [4.78, 5) is 1.53. The van der Waals surface area contributed by atoms with Crippen molar-refractivity contribution in [2.45, 2.75) is 48.8 Å². The van der Waals surface area contributed by atoms with Crippen molar-refractivity contribution in [2.24, 2.45) is 0 Å². The monoisotopic (exact) mass is 464 g/mol. The van der Waals surface area contributed by atoms with E-state index >= 15 is 0 Å². The van der Waals surface area contributed by atoms with Gasteiger partial charge in [-0.2, -0.15) is 13.2 Å². The summed E-state index contributed by atoms with van der Waals surface area (Å²) in [6.07, 6.45) is 6.06. The number of alkyl halides is 3. The highest BCUT2D eigenvalue weighted by Crippen LogP contribution is 2.32. The van der Waals surface area contributed by atoms with Gasteiger partial charge in [0.15, 0.2) is 21.3 Å². The van der Waals surface area contributed by atoms with Crippen molar-refractivity contribution in [3.05, 3.63) is 36.4 Å². The van der Waals surface area contributed by atoms with Gasteiger partial charge < -0.3 is 14.0 Å². The Kier molecular flexibility index (Phi) is 7.54. The van der Waals surface area contributed by atoms with Crippen LogP contribution >= 0.6 is 0 Å². The van der Waals surface area contributed by atoms with Crippen LogP contribution in [-0.2, 0) is 25.7 Å². The first kappa shape index (κ1) is 23.2. The van der Waals surface area contributed by atoms with E-state index in [2.05, 4.69) is 36.4 Å². The van der Waals surface area contributed by atoms with E-state index < -0.39 is 15.6 Å². The Morgan fingerprint density at radius 3 is 2.37 bits per heavy atom. The number of fused-ring (bicyclic) bond motifs is 1. The molecule has 166 valence electrons. The predicted octanol–water partition coefficient (Wildman–Crippen LogP) is 4.57. The minimum atomic E-state index is -6.09. The van der Waals surface area contributed by atoms with Crippen LogP contribution in [0.25, 0.3) is 10.8 Å². The van der Waals surface area contributed by atoms with Gasteiger partial charge in [-0.3, -0.25) is 0 Å². The number of hydrogen-bond acceptors (Lipinski definition) is 5. The maximum Gasteiger partial charge on any atom is 0.485 e. The van der Waals surface area contributed by atoms with Crippen molar-refractivity contribution in [1.82, 2.24) is 0 Å². The molecule has 10 heteroatoms. The Morgan fingerprint density at radius 1 is 1.07 bits per heavy atom. The average molecular weight is 465 g/mol. The first-order valence-electron chi connectivity index (χ1n) is 9.66. The maximum absolute atomic E-state index is 10.7. The van der Waals surface area contributed by atoms with Gasteiger partial charge in [-0.25, -0.2) is 8.42 Å². The highest BCUT2D eigenvalue weighted by Gasteiger charge is 2.37. The molecular formula is C20H23F3O5S2. The fourth-order valence-corrected chi connectivity index (χ4v) is 5.89. The summed E-state index contributed by atoms with van der Waals surface area (Å²) in [5.41, 5.74) is -5.65. The molecule has 2 aliphatic heterocycles. The molecule has 1 atom stereocenters. The molecule has 4 rings (SSSR count). The Hall–Kier alpha value is -1.49. The second-order valence-electron chi connectivity index (χ2n) is 7.06. The second kappa shape index (κ2) is 9.76. The van der Waals surface area contributed by atoms with Crippen LogP contribution in [0.4, 0.5) is 13.2 Å². The lowest BCUT2D eigenvalue weighted by Crippen LogP contribution is -2.24. The van der Waals surface area contributed by atoms with Crippen molar-refractivity contribution in [1.29, 1.82) is 0 Å². The molecule has 0 aliphatic carbocycles. The highest BCUT2D eigenvalue weighted by atomic mass is 32.2. The largest absolute Gasteiger partial charge is 0.741 e. The molecule has 30 heavy (non-hydrogen) atoms. The molecule has 2 saturated heterocycles. The van der Waals surface area contributed by atoms with Crippen LogP contribution in [0.2, 0.25) is 0 Å². The predicted molar refractivity (Wildman–Crippen MR) is 109 cm³/mol. The van der Waals surface area contributed by atoms with E-state index in [4.69, 9.17) is 22.4 Å². The molecule has 2 fully saturated rings. The molecule has 0 aromatic heterocycles. The summed E-state index contributed by atoms with van der Waals surface area (Å²) in [5, 5.41) is 2.70. The zero-order chi connectivity index (χ0) is 21.8. The lowest BCUT2D eigenvalue weighted by molar-refractivity contribution is -0.105. The van der Waals surface area contributed by atoms with E-state index in [1.54, 1.807) is 0 Å². The van der Waals surface area contributed by atoms with E-state index in [-0.39, 0.29) is 6.29 Å². The second-order valence-corrected chi connectivity index (χ2v) is 10.7. The molecule has 0 bridgehead atoms. The van der Waals surface area contributed by atoms with E-state index in [1.165, 1.54) is 46.4 Å². The van der Waals surface area contributed by atoms with Crippen molar-refractivity contribution in [3.8, 4) is 5.75 Å². The first-order chi connectivity index (χ1) is 14.1. The molecule has 0 saturated carbocycles. The van der Waals surface area contributed by atoms with Crippen LogP contribution in [0, 0.1) is 0 Å². The summed E-state index contributed by atoms with van der Waals surface area (Å²) < 4.78 is 70.7. The number of rotatable bonds is 3. The van der Waals surface area contributed by atoms with Crippen molar-refractivity contribution < 1.29 is 35.6 Å². The van der Waals surface area contributed by atoms with Gasteiger partial charge in [-0.1, -0.05) is 18.2 Å². The normalized spacial score (nSPS) is 20.6. The lowest BCUT2D eigenvalue weighted by Gasteiger charge is -2.23. The van der Waals surface area contributed by atoms with Crippen LogP contribution in [0.15, 0.2) is 41.3 Å². The fraction of sp³-hybridized carbons (Fsp3) is 0.500. The summed E-state index contributed by atoms with van der Waals surface area (Å²) >= 11 is 0. The minimum absolute atomic E-state index is 0.0627. The van der Waals surface area contributed by atoms with Gasteiger partial charge in [0.05, 0.1) is 6.61 Å². The maximum atomic E-state index is 10.7. The van der Waals surface area contributed by atoms with Gasteiger partial charge in [-0.05, 0) is 49.3 Å². The van der Waals surface area contributed by atoms with Gasteiger partial charge in [0.1, 0.15) is 17.3 Å². The molecule has 2 aromatic rings. The Morgan fingerprint density at radius 2 is 1.77 bits per heavy atom. The van der Waals surface area contributed by atoms with E-state index in [0.717, 1.165) is 25.2 Å². The van der Waals surface area contributed by atoms with E-state index in [1.807, 2.05) is 0 Å². The average Bonchev–Trinajstić information content (AvgIpc) is 3.22. The summed E-state index contributed by atoms with van der Waals surface area (Å²) in [7, 11) is -5.66. The SMILES string of the molecule is O=S(=O)([O-])C(F)(F)F.c1cc([S+]2CCCC2)c2cc(OC3CCCCO3)ccc2c1. The molecule has 0 radical (unpaired) electrons. The van der Waals surface area contributed by atoms with Gasteiger partial charge >= 0.3 is 5.51 Å². The third kappa shape index (κ3) is 6.03. The summed E-state index contributed by atoms with van der Waals surface area (Å²) in [6, 6.07) is 13.2. The fourth-order valence-electron chi connectivity index (χ4n) is 3.38. The van der Waals surface area contributed by atoms with E-state index in [9.17, 15) is 13.2 Å². The van der Waals surface area contributed by atoms with Crippen molar-refractivity contribution in [2.75, 3.05) is 18.1 Å². The molecule has 0 amide bonds. The standard InChI is InChI=1S/C19H23O2S.CHF3O3S/c1-2-11-20-19(8-1)21-16-10-9-15-6-5-7-18(17(15)14-16)22-12-3-4-13-22;2-1(3,4)8(5,6)7/h5-7,9-10,14,19H,1-4,8,11-13H2;(H,5,6,7)/q+1;/p-1. The van der Waals surface area contributed by atoms with Crippen molar-refractivity contribution >= 4 is 31.8 Å². The molecule has 2 aromatic carbocycles. The van der Waals surface area contributed by atoms with Crippen LogP contribution in [0.1, 0.15) is 32.1 Å². The van der Waals surface area contributed by atoms with Crippen molar-refractivity contribution in [3.63, 3.8) is 0 Å². The molecule has 0 spiro atoms. The lowest BCUT2D eigenvalue weighted by atomic mass is 10.1. The molecule has 0 N–H and O–H groups in total. The summed E-state index contributed by atoms with van der Waals surface area (Å²) in [5.74, 6) is 3.67. The molecule has 1 unspecified atom stereocenters. The van der Waals surface area contributed by atoms with Crippen LogP contribution in [-0.4, -0.2) is 42.9 Å². The van der Waals surface area contributed by atoms with Crippen LogP contribution in [0.5, 0.6) is 5.75 Å². The quantitative estimate of drug-likeness (QED) is 0.378. The molecule has 2 heterocycles. The Bertz CT molecular complexity index is 951. The topological polar surface area (TPSA) is 75.7 Å². The van der Waals surface area contributed by atoms with Gasteiger partial charge in [-0.15, -0.1) is 0 Å². The third-order valence-corrected chi connectivity index (χ3v) is 7.95. The van der Waals surface area contributed by atoms with Gasteiger partial charge in [0.25, 0.3) is 0 Å². The molecule has 2 aliphatic rings.